The fraction of sp³-hybridized carbons (Fsp3) is 0.316. The molecule has 28 heavy (non-hydrogen) atoms. The Morgan fingerprint density at radius 2 is 2.25 bits per heavy atom. The van der Waals surface area contributed by atoms with E-state index in [1.54, 1.807) is 12.3 Å². The van der Waals surface area contributed by atoms with Gasteiger partial charge in [0.05, 0.1) is 41.2 Å². The lowest BCUT2D eigenvalue weighted by atomic mass is 10.1. The molecular weight excluding hydrogens is 381 g/mol. The number of rotatable bonds is 6. The van der Waals surface area contributed by atoms with Gasteiger partial charge in [-0.25, -0.2) is 14.4 Å². The van der Waals surface area contributed by atoms with Gasteiger partial charge < -0.3 is 24.5 Å². The molecule has 9 heteroatoms. The van der Waals surface area contributed by atoms with E-state index in [0.717, 1.165) is 23.1 Å². The summed E-state index contributed by atoms with van der Waals surface area (Å²) < 4.78 is 26.8. The number of nitrogens with zero attached hydrogens (tertiary/aromatic N) is 3. The van der Waals surface area contributed by atoms with Crippen LogP contribution < -0.4 is 19.1 Å². The molecule has 1 aliphatic heterocycles. The second kappa shape index (κ2) is 8.92. The largest absolute Gasteiger partial charge is 0.477 e. The number of fused-ring (bicyclic) bond motifs is 1. The van der Waals surface area contributed by atoms with Crippen molar-refractivity contribution in [2.75, 3.05) is 24.6 Å². The molecule has 0 spiro atoms. The van der Waals surface area contributed by atoms with Crippen molar-refractivity contribution in [3.05, 3.63) is 42.0 Å². The predicted octanol–water partition coefficient (Wildman–Crippen LogP) is 3.52. The lowest BCUT2D eigenvalue weighted by Crippen LogP contribution is -2.27. The van der Waals surface area contributed by atoms with Crippen molar-refractivity contribution in [1.82, 2.24) is 15.3 Å². The average molecular weight is 403 g/mol. The van der Waals surface area contributed by atoms with Crippen LogP contribution in [0, 0.1) is 11.2 Å². The Morgan fingerprint density at radius 1 is 1.43 bits per heavy atom. The van der Waals surface area contributed by atoms with Gasteiger partial charge in [0, 0.05) is 19.0 Å². The van der Waals surface area contributed by atoms with Gasteiger partial charge in [0.15, 0.2) is 0 Å². The third-order valence-corrected chi connectivity index (χ3v) is 4.89. The van der Waals surface area contributed by atoms with Crippen molar-refractivity contribution in [3.8, 4) is 11.8 Å². The van der Waals surface area contributed by atoms with Gasteiger partial charge in [-0.15, -0.1) is 0 Å². The van der Waals surface area contributed by atoms with Crippen LogP contribution in [0.3, 0.4) is 0 Å². The maximum absolute atomic E-state index is 13.7. The number of allylic oxidation sites excluding steroid dienone is 1. The van der Waals surface area contributed by atoms with Crippen molar-refractivity contribution in [2.45, 2.75) is 24.8 Å². The summed E-state index contributed by atoms with van der Waals surface area (Å²) in [5.74, 6) is 0.461. The van der Waals surface area contributed by atoms with Gasteiger partial charge in [-0.3, -0.25) is 0 Å². The molecule has 148 valence electrons. The molecule has 2 aromatic heterocycles. The third kappa shape index (κ3) is 4.53. The maximum atomic E-state index is 13.7. The van der Waals surface area contributed by atoms with Crippen LogP contribution in [0.25, 0.3) is 5.70 Å². The van der Waals surface area contributed by atoms with Crippen LogP contribution in [0.5, 0.6) is 11.8 Å². The predicted molar refractivity (Wildman–Crippen MR) is 109 cm³/mol. The molecule has 3 rings (SSSR count). The van der Waals surface area contributed by atoms with Gasteiger partial charge in [0.1, 0.15) is 12.4 Å². The van der Waals surface area contributed by atoms with Crippen molar-refractivity contribution >= 4 is 29.5 Å². The molecule has 0 saturated heterocycles. The van der Waals surface area contributed by atoms with Crippen LogP contribution in [-0.4, -0.2) is 42.5 Å². The lowest BCUT2D eigenvalue weighted by molar-refractivity contribution is 0.282. The number of nitrogens with one attached hydrogen (secondary N) is 2. The summed E-state index contributed by atoms with van der Waals surface area (Å²) in [6.45, 7) is 4.77. The van der Waals surface area contributed by atoms with E-state index in [2.05, 4.69) is 15.3 Å². The van der Waals surface area contributed by atoms with Gasteiger partial charge in [-0.1, -0.05) is 0 Å². The average Bonchev–Trinajstić information content (AvgIpc) is 2.83. The smallest absolute Gasteiger partial charge is 0.229 e. The van der Waals surface area contributed by atoms with E-state index in [1.807, 2.05) is 31.3 Å². The molecule has 2 N–H and O–H groups in total. The number of ether oxygens (including phenoxy) is 2. The SMILES string of the molecule is CCOc1ncc(F)cc1SN(C)c1cnc2c(c1)/C(=C/C=N)NC(C)CO2. The van der Waals surface area contributed by atoms with Crippen molar-refractivity contribution in [3.63, 3.8) is 0 Å². The van der Waals surface area contributed by atoms with Gasteiger partial charge in [-0.2, -0.15) is 0 Å². The number of hydrogen-bond acceptors (Lipinski definition) is 8. The normalized spacial score (nSPS) is 17.1. The number of hydrogen-bond donors (Lipinski definition) is 2. The van der Waals surface area contributed by atoms with Crippen LogP contribution >= 0.6 is 11.9 Å². The number of pyridine rings is 2. The van der Waals surface area contributed by atoms with E-state index in [9.17, 15) is 4.39 Å². The Balaban J connectivity index is 1.91. The Kier molecular flexibility index (Phi) is 6.35. The van der Waals surface area contributed by atoms with E-state index in [1.165, 1.54) is 24.2 Å². The first-order valence-corrected chi connectivity index (χ1v) is 9.59. The van der Waals surface area contributed by atoms with E-state index in [-0.39, 0.29) is 6.04 Å². The Labute approximate surface area is 167 Å². The first-order valence-electron chi connectivity index (χ1n) is 8.82. The van der Waals surface area contributed by atoms with Crippen LogP contribution in [0.4, 0.5) is 10.1 Å². The number of aromatic nitrogens is 2. The Hall–Kier alpha value is -2.81. The molecule has 0 saturated carbocycles. The molecule has 0 aromatic carbocycles. The van der Waals surface area contributed by atoms with Gasteiger partial charge >= 0.3 is 0 Å². The summed E-state index contributed by atoms with van der Waals surface area (Å²) in [6.07, 6.45) is 5.73. The first kappa shape index (κ1) is 19.9. The van der Waals surface area contributed by atoms with Gasteiger partial charge in [0.25, 0.3) is 0 Å². The summed E-state index contributed by atoms with van der Waals surface area (Å²) in [6, 6.07) is 3.40. The highest BCUT2D eigenvalue weighted by molar-refractivity contribution is 8.00. The molecule has 0 amide bonds. The van der Waals surface area contributed by atoms with Gasteiger partial charge in [-0.05, 0) is 44.0 Å². The molecule has 1 aliphatic rings. The lowest BCUT2D eigenvalue weighted by Gasteiger charge is -2.20. The quantitative estimate of drug-likeness (QED) is 0.564. The second-order valence-electron chi connectivity index (χ2n) is 6.13. The maximum Gasteiger partial charge on any atom is 0.229 e. The molecule has 0 radical (unpaired) electrons. The van der Waals surface area contributed by atoms with E-state index in [4.69, 9.17) is 14.9 Å². The summed E-state index contributed by atoms with van der Waals surface area (Å²) in [5.41, 5.74) is 2.32. The zero-order chi connectivity index (χ0) is 20.1. The topological polar surface area (TPSA) is 83.4 Å². The Morgan fingerprint density at radius 3 is 3.00 bits per heavy atom. The molecule has 0 bridgehead atoms. The monoisotopic (exact) mass is 403 g/mol. The fourth-order valence-electron chi connectivity index (χ4n) is 2.65. The van der Waals surface area contributed by atoms with Crippen LogP contribution in [0.2, 0.25) is 0 Å². The number of halogens is 1. The van der Waals surface area contributed by atoms with Crippen molar-refractivity contribution in [1.29, 1.82) is 5.41 Å². The molecule has 1 atom stereocenters. The molecule has 1 unspecified atom stereocenters. The second-order valence-corrected chi connectivity index (χ2v) is 7.30. The minimum atomic E-state index is -0.429. The summed E-state index contributed by atoms with van der Waals surface area (Å²) >= 11 is 1.29. The molecule has 2 aromatic rings. The highest BCUT2D eigenvalue weighted by Gasteiger charge is 2.20. The minimum Gasteiger partial charge on any atom is -0.477 e. The zero-order valence-electron chi connectivity index (χ0n) is 15.9. The van der Waals surface area contributed by atoms with Gasteiger partial charge in [0.2, 0.25) is 11.8 Å². The molecule has 0 aliphatic carbocycles. The fourth-order valence-corrected chi connectivity index (χ4v) is 3.51. The van der Waals surface area contributed by atoms with E-state index < -0.39 is 5.82 Å². The standard InChI is InChI=1S/C19H22FN5O2S/c1-4-26-19-17(7-13(20)9-22-19)28-25(3)14-8-15-16(5-6-21)24-12(2)11-27-18(15)23-10-14/h5-10,12,21,24H,4,11H2,1-3H3/b16-5-,21-6?. The molecule has 7 nitrogen and oxygen atoms in total. The summed E-state index contributed by atoms with van der Waals surface area (Å²) in [7, 11) is 1.85. The summed E-state index contributed by atoms with van der Waals surface area (Å²) in [4.78, 5) is 9.02. The molecule has 3 heterocycles. The highest BCUT2D eigenvalue weighted by atomic mass is 32.2. The van der Waals surface area contributed by atoms with Crippen LogP contribution in [-0.2, 0) is 0 Å². The first-order chi connectivity index (χ1) is 13.5. The number of anilines is 1. The van der Waals surface area contributed by atoms with E-state index in [0.29, 0.717) is 29.9 Å². The summed E-state index contributed by atoms with van der Waals surface area (Å²) in [5, 5.41) is 10.7. The molecular formula is C19H22FN5O2S. The van der Waals surface area contributed by atoms with Crippen molar-refractivity contribution in [2.24, 2.45) is 0 Å². The minimum absolute atomic E-state index is 0.0862. The highest BCUT2D eigenvalue weighted by Crippen LogP contribution is 2.35. The van der Waals surface area contributed by atoms with Crippen molar-refractivity contribution < 1.29 is 13.9 Å². The van der Waals surface area contributed by atoms with E-state index >= 15 is 0 Å². The van der Waals surface area contributed by atoms with Crippen LogP contribution in [0.1, 0.15) is 19.4 Å². The molecule has 0 fully saturated rings. The zero-order valence-corrected chi connectivity index (χ0v) is 16.7. The third-order valence-electron chi connectivity index (χ3n) is 3.91. The van der Waals surface area contributed by atoms with Crippen LogP contribution in [0.15, 0.2) is 35.5 Å². The Bertz CT molecular complexity index is 893.